The van der Waals surface area contributed by atoms with Crippen molar-refractivity contribution in [1.82, 2.24) is 5.32 Å². The Balaban J connectivity index is 0.00000210. The van der Waals surface area contributed by atoms with Crippen LogP contribution in [0, 0.1) is 5.82 Å². The van der Waals surface area contributed by atoms with Crippen LogP contribution in [0.4, 0.5) is 15.8 Å². The molecular weight excluding hydrogens is 393 g/mol. The summed E-state index contributed by atoms with van der Waals surface area (Å²) < 4.78 is 47.3. The van der Waals surface area contributed by atoms with E-state index in [9.17, 15) is 12.8 Å². The molecule has 2 aliphatic heterocycles. The number of hydrogen-bond acceptors (Lipinski definition) is 5. The van der Waals surface area contributed by atoms with Crippen molar-refractivity contribution in [3.8, 4) is 5.75 Å². The summed E-state index contributed by atoms with van der Waals surface area (Å²) in [5, 5.41) is 3.29. The van der Waals surface area contributed by atoms with E-state index in [0.29, 0.717) is 11.4 Å². The first kappa shape index (κ1) is 19.7. The van der Waals surface area contributed by atoms with E-state index in [-0.39, 0.29) is 30.5 Å². The van der Waals surface area contributed by atoms with Gasteiger partial charge >= 0.3 is 0 Å². The molecule has 0 unspecified atom stereocenters. The summed E-state index contributed by atoms with van der Waals surface area (Å²) in [7, 11) is -4.01. The summed E-state index contributed by atoms with van der Waals surface area (Å²) in [5.74, 6) is -0.209. The molecule has 0 atom stereocenters. The van der Waals surface area contributed by atoms with Gasteiger partial charge in [0.15, 0.2) is 5.75 Å². The molecule has 146 valence electrons. The number of benzene rings is 2. The van der Waals surface area contributed by atoms with Gasteiger partial charge in [0.1, 0.15) is 17.3 Å². The second kappa shape index (κ2) is 7.92. The highest BCUT2D eigenvalue weighted by Crippen LogP contribution is 2.42. The van der Waals surface area contributed by atoms with E-state index in [1.54, 1.807) is 6.07 Å². The van der Waals surface area contributed by atoms with Crippen molar-refractivity contribution in [3.63, 3.8) is 0 Å². The third kappa shape index (κ3) is 3.56. The Hall–Kier alpha value is -2.03. The van der Waals surface area contributed by atoms with Crippen LogP contribution in [0.25, 0.3) is 0 Å². The van der Waals surface area contributed by atoms with Crippen molar-refractivity contribution in [2.24, 2.45) is 0 Å². The number of ether oxygens (including phenoxy) is 1. The third-order valence-corrected chi connectivity index (χ3v) is 6.49. The van der Waals surface area contributed by atoms with Crippen LogP contribution < -0.4 is 19.3 Å². The molecule has 0 bridgehead atoms. The van der Waals surface area contributed by atoms with Gasteiger partial charge in [-0.05, 0) is 24.3 Å². The van der Waals surface area contributed by atoms with Gasteiger partial charge < -0.3 is 15.0 Å². The molecule has 1 fully saturated rings. The summed E-state index contributed by atoms with van der Waals surface area (Å²) in [6.45, 7) is 3.74. The van der Waals surface area contributed by atoms with E-state index in [1.807, 2.05) is 12.1 Å². The van der Waals surface area contributed by atoms with E-state index in [1.165, 1.54) is 22.5 Å². The second-order valence-corrected chi connectivity index (χ2v) is 8.05. The molecule has 9 heteroatoms. The van der Waals surface area contributed by atoms with Crippen LogP contribution in [0.5, 0.6) is 5.75 Å². The highest BCUT2D eigenvalue weighted by atomic mass is 35.5. The lowest BCUT2D eigenvalue weighted by molar-refractivity contribution is 0.315. The van der Waals surface area contributed by atoms with Crippen LogP contribution in [-0.4, -0.2) is 47.7 Å². The first-order valence-electron chi connectivity index (χ1n) is 8.58. The van der Waals surface area contributed by atoms with Crippen molar-refractivity contribution in [1.29, 1.82) is 0 Å². The molecule has 27 heavy (non-hydrogen) atoms. The molecule has 0 spiro atoms. The average molecular weight is 414 g/mol. The maximum Gasteiger partial charge on any atom is 0.267 e. The van der Waals surface area contributed by atoms with Crippen molar-refractivity contribution in [2.45, 2.75) is 4.90 Å². The minimum Gasteiger partial charge on any atom is -0.487 e. The summed E-state index contributed by atoms with van der Waals surface area (Å²) >= 11 is 0. The Morgan fingerprint density at radius 1 is 0.963 bits per heavy atom. The lowest BCUT2D eigenvalue weighted by Gasteiger charge is -2.36. The molecule has 6 nitrogen and oxygen atoms in total. The molecule has 4 rings (SSSR count). The first-order chi connectivity index (χ1) is 12.6. The van der Waals surface area contributed by atoms with E-state index in [4.69, 9.17) is 4.74 Å². The van der Waals surface area contributed by atoms with Crippen molar-refractivity contribution in [2.75, 3.05) is 48.5 Å². The molecule has 2 aliphatic rings. The molecule has 0 amide bonds. The zero-order chi connectivity index (χ0) is 18.1. The Bertz CT molecular complexity index is 920. The van der Waals surface area contributed by atoms with Gasteiger partial charge in [0.2, 0.25) is 0 Å². The molecule has 1 saturated heterocycles. The number of nitrogens with one attached hydrogen (secondary N) is 1. The van der Waals surface area contributed by atoms with Crippen molar-refractivity contribution < 1.29 is 17.5 Å². The van der Waals surface area contributed by atoms with Gasteiger partial charge in [0, 0.05) is 26.2 Å². The predicted octanol–water partition coefficient (Wildman–Crippen LogP) is 2.24. The summed E-state index contributed by atoms with van der Waals surface area (Å²) in [5.41, 5.74) is 1.33. The highest BCUT2D eigenvalue weighted by Gasteiger charge is 2.33. The second-order valence-electron chi connectivity index (χ2n) is 6.22. The Kier molecular flexibility index (Phi) is 5.78. The van der Waals surface area contributed by atoms with Crippen LogP contribution in [0.2, 0.25) is 0 Å². The van der Waals surface area contributed by atoms with Gasteiger partial charge in [0.05, 0.1) is 17.9 Å². The van der Waals surface area contributed by atoms with E-state index >= 15 is 0 Å². The van der Waals surface area contributed by atoms with Crippen LogP contribution >= 0.6 is 12.4 Å². The zero-order valence-electron chi connectivity index (χ0n) is 14.6. The van der Waals surface area contributed by atoms with Gasteiger partial charge in [-0.25, -0.2) is 12.8 Å². The number of nitrogens with zero attached hydrogens (tertiary/aromatic N) is 2. The standard InChI is InChI=1S/C18H20FN3O3S.ClH/c19-14-4-1-2-7-17(14)26(23,24)22-12-13-25-18-15(5-3-6-16(18)22)21-10-8-20-9-11-21;/h1-7,20H,8-13H2;1H. The maximum absolute atomic E-state index is 14.1. The number of piperazine rings is 1. The normalized spacial score (nSPS) is 16.9. The number of halogens is 2. The fourth-order valence-electron chi connectivity index (χ4n) is 3.39. The van der Waals surface area contributed by atoms with Crippen molar-refractivity contribution >= 4 is 33.8 Å². The first-order valence-corrected chi connectivity index (χ1v) is 10.0. The van der Waals surface area contributed by atoms with E-state index < -0.39 is 15.8 Å². The fraction of sp³-hybridized carbons (Fsp3) is 0.333. The van der Waals surface area contributed by atoms with E-state index in [2.05, 4.69) is 10.2 Å². The molecule has 1 N–H and O–H groups in total. The quantitative estimate of drug-likeness (QED) is 0.836. The molecule has 2 aromatic rings. The number of sulfonamides is 1. The molecule has 0 radical (unpaired) electrons. The van der Waals surface area contributed by atoms with E-state index in [0.717, 1.165) is 37.9 Å². The topological polar surface area (TPSA) is 61.9 Å². The largest absolute Gasteiger partial charge is 0.487 e. The molecule has 0 aromatic heterocycles. The Morgan fingerprint density at radius 2 is 1.67 bits per heavy atom. The zero-order valence-corrected chi connectivity index (χ0v) is 16.2. The van der Waals surface area contributed by atoms with Crippen LogP contribution in [-0.2, 0) is 10.0 Å². The number of rotatable bonds is 3. The van der Waals surface area contributed by atoms with Crippen molar-refractivity contribution in [3.05, 3.63) is 48.3 Å². The molecule has 2 aromatic carbocycles. The minimum atomic E-state index is -4.01. The number of hydrogen-bond donors (Lipinski definition) is 1. The smallest absolute Gasteiger partial charge is 0.267 e. The summed E-state index contributed by atoms with van der Waals surface area (Å²) in [6.07, 6.45) is 0. The maximum atomic E-state index is 14.1. The van der Waals surface area contributed by atoms with Crippen LogP contribution in [0.1, 0.15) is 0 Å². The average Bonchev–Trinajstić information content (AvgIpc) is 2.68. The SMILES string of the molecule is Cl.O=S(=O)(c1ccccc1F)N1CCOc2c(N3CCNCC3)cccc21. The molecule has 0 aliphatic carbocycles. The Labute approximate surface area is 164 Å². The number of fused-ring (bicyclic) bond motifs is 1. The number of para-hydroxylation sites is 1. The van der Waals surface area contributed by atoms with Gasteiger partial charge in [-0.2, -0.15) is 0 Å². The van der Waals surface area contributed by atoms with Crippen LogP contribution in [0.15, 0.2) is 47.4 Å². The number of anilines is 2. The molecular formula is C18H21ClFN3O3S. The van der Waals surface area contributed by atoms with Gasteiger partial charge in [0.25, 0.3) is 10.0 Å². The Morgan fingerprint density at radius 3 is 2.41 bits per heavy atom. The molecule has 0 saturated carbocycles. The van der Waals surface area contributed by atoms with Gasteiger partial charge in [-0.3, -0.25) is 4.31 Å². The minimum absolute atomic E-state index is 0. The van der Waals surface area contributed by atoms with Crippen LogP contribution in [0.3, 0.4) is 0 Å². The lowest BCUT2D eigenvalue weighted by atomic mass is 10.2. The monoisotopic (exact) mass is 413 g/mol. The van der Waals surface area contributed by atoms with Gasteiger partial charge in [-0.15, -0.1) is 12.4 Å². The summed E-state index contributed by atoms with van der Waals surface area (Å²) in [6, 6.07) is 10.9. The highest BCUT2D eigenvalue weighted by molar-refractivity contribution is 7.92. The predicted molar refractivity (Wildman–Crippen MR) is 105 cm³/mol. The van der Waals surface area contributed by atoms with Gasteiger partial charge in [-0.1, -0.05) is 18.2 Å². The summed E-state index contributed by atoms with van der Waals surface area (Å²) in [4.78, 5) is 1.86. The third-order valence-electron chi connectivity index (χ3n) is 4.65. The molecule has 2 heterocycles. The lowest BCUT2D eigenvalue weighted by Crippen LogP contribution is -2.44. The fourth-order valence-corrected chi connectivity index (χ4v) is 4.91.